The summed E-state index contributed by atoms with van der Waals surface area (Å²) < 4.78 is 0. The van der Waals surface area contributed by atoms with Crippen molar-refractivity contribution in [3.8, 4) is 0 Å². The Morgan fingerprint density at radius 1 is 1.24 bits per heavy atom. The lowest BCUT2D eigenvalue weighted by Crippen LogP contribution is -2.12. The van der Waals surface area contributed by atoms with Gasteiger partial charge in [0.2, 0.25) is 5.91 Å². The van der Waals surface area contributed by atoms with Gasteiger partial charge in [0.05, 0.1) is 0 Å². The smallest absolute Gasteiger partial charge is 0.224 e. The van der Waals surface area contributed by atoms with Crippen molar-refractivity contribution in [1.82, 2.24) is 9.97 Å². The molecule has 0 radical (unpaired) electrons. The van der Waals surface area contributed by atoms with Crippen molar-refractivity contribution < 1.29 is 4.79 Å². The van der Waals surface area contributed by atoms with Gasteiger partial charge in [-0.2, -0.15) is 0 Å². The van der Waals surface area contributed by atoms with E-state index in [0.717, 1.165) is 25.7 Å². The van der Waals surface area contributed by atoms with Crippen LogP contribution in [0, 0.1) is 0 Å². The molecule has 0 unspecified atom stereocenters. The maximum Gasteiger partial charge on any atom is 0.224 e. The topological polar surface area (TPSA) is 54.9 Å². The first-order valence-corrected chi connectivity index (χ1v) is 6.36. The van der Waals surface area contributed by atoms with Crippen molar-refractivity contribution in [2.75, 3.05) is 5.32 Å². The zero-order valence-electron chi connectivity index (χ0n) is 9.67. The zero-order valence-corrected chi connectivity index (χ0v) is 11.2. The predicted octanol–water partition coefficient (Wildman–Crippen LogP) is 3.69. The largest absolute Gasteiger partial charge is 0.321 e. The molecule has 1 amide bonds. The van der Waals surface area contributed by atoms with Gasteiger partial charge in [0.25, 0.3) is 0 Å². The zero-order chi connectivity index (χ0) is 12.7. The minimum absolute atomic E-state index is 0.111. The molecule has 0 aliphatic carbocycles. The van der Waals surface area contributed by atoms with Crippen molar-refractivity contribution in [1.29, 1.82) is 0 Å². The number of unbranched alkanes of at least 4 members (excludes halogenated alkanes) is 3. The summed E-state index contributed by atoms with van der Waals surface area (Å²) >= 11 is 11.6. The number of nitrogens with zero attached hydrogens (tertiary/aromatic N) is 2. The van der Waals surface area contributed by atoms with Crippen LogP contribution in [0.25, 0.3) is 0 Å². The Morgan fingerprint density at radius 3 is 2.47 bits per heavy atom. The standard InChI is InChI=1S/C11H15Cl2N3O/c1-2-3-4-5-6-8(17)16-9-10(12)14-7-15-11(9)13/h7H,2-6H2,1H3,(H,16,17). The molecule has 1 rings (SSSR count). The minimum atomic E-state index is -0.111. The van der Waals surface area contributed by atoms with Crippen LogP contribution in [0.15, 0.2) is 6.33 Å². The number of hydrogen-bond acceptors (Lipinski definition) is 3. The summed E-state index contributed by atoms with van der Waals surface area (Å²) in [7, 11) is 0. The van der Waals surface area contributed by atoms with E-state index in [-0.39, 0.29) is 21.9 Å². The first-order chi connectivity index (χ1) is 8.15. The molecule has 94 valence electrons. The SMILES string of the molecule is CCCCCCC(=O)Nc1c(Cl)ncnc1Cl. The van der Waals surface area contributed by atoms with E-state index < -0.39 is 0 Å². The fourth-order valence-corrected chi connectivity index (χ4v) is 1.77. The number of nitrogens with one attached hydrogen (secondary N) is 1. The van der Waals surface area contributed by atoms with Gasteiger partial charge in [0.1, 0.15) is 12.0 Å². The van der Waals surface area contributed by atoms with Gasteiger partial charge in [-0.1, -0.05) is 49.4 Å². The summed E-state index contributed by atoms with van der Waals surface area (Å²) in [4.78, 5) is 19.1. The van der Waals surface area contributed by atoms with Crippen LogP contribution < -0.4 is 5.32 Å². The Balaban J connectivity index is 2.45. The van der Waals surface area contributed by atoms with Gasteiger partial charge in [-0.3, -0.25) is 4.79 Å². The fourth-order valence-electron chi connectivity index (χ4n) is 1.36. The van der Waals surface area contributed by atoms with Crippen molar-refractivity contribution in [3.63, 3.8) is 0 Å². The lowest BCUT2D eigenvalue weighted by molar-refractivity contribution is -0.116. The number of aromatic nitrogens is 2. The van der Waals surface area contributed by atoms with E-state index in [2.05, 4.69) is 22.2 Å². The number of amides is 1. The molecule has 1 aromatic rings. The number of hydrogen-bond donors (Lipinski definition) is 1. The number of carbonyl (C=O) groups excluding carboxylic acids is 1. The molecule has 1 heterocycles. The van der Waals surface area contributed by atoms with E-state index in [1.165, 1.54) is 6.33 Å². The monoisotopic (exact) mass is 275 g/mol. The van der Waals surface area contributed by atoms with Gasteiger partial charge in [0.15, 0.2) is 10.3 Å². The molecule has 0 aliphatic rings. The maximum absolute atomic E-state index is 11.6. The van der Waals surface area contributed by atoms with Gasteiger partial charge >= 0.3 is 0 Å². The number of anilines is 1. The summed E-state index contributed by atoms with van der Waals surface area (Å²) in [5, 5.41) is 2.95. The van der Waals surface area contributed by atoms with Crippen molar-refractivity contribution in [2.24, 2.45) is 0 Å². The van der Waals surface area contributed by atoms with Crippen LogP contribution in [-0.2, 0) is 4.79 Å². The molecule has 0 aromatic carbocycles. The second-order valence-electron chi connectivity index (χ2n) is 3.69. The van der Waals surface area contributed by atoms with E-state index in [9.17, 15) is 4.79 Å². The molecule has 1 N–H and O–H groups in total. The van der Waals surface area contributed by atoms with Gasteiger partial charge in [0, 0.05) is 6.42 Å². The summed E-state index contributed by atoms with van der Waals surface area (Å²) in [5.74, 6) is -0.111. The third kappa shape index (κ3) is 4.88. The fraction of sp³-hybridized carbons (Fsp3) is 0.545. The number of halogens is 2. The van der Waals surface area contributed by atoms with Crippen molar-refractivity contribution >= 4 is 34.8 Å². The molecule has 0 spiro atoms. The Labute approximate surface area is 111 Å². The summed E-state index contributed by atoms with van der Waals surface area (Å²) in [6, 6.07) is 0. The van der Waals surface area contributed by atoms with Crippen LogP contribution in [0.3, 0.4) is 0 Å². The number of carbonyl (C=O) groups is 1. The molecule has 0 aliphatic heterocycles. The Bertz CT molecular complexity index is 365. The van der Waals surface area contributed by atoms with Crippen molar-refractivity contribution in [3.05, 3.63) is 16.6 Å². The average Bonchev–Trinajstić information content (AvgIpc) is 2.30. The van der Waals surface area contributed by atoms with Gasteiger partial charge in [-0.05, 0) is 6.42 Å². The highest BCUT2D eigenvalue weighted by atomic mass is 35.5. The highest BCUT2D eigenvalue weighted by Crippen LogP contribution is 2.25. The van der Waals surface area contributed by atoms with E-state index in [0.29, 0.717) is 6.42 Å². The molecular weight excluding hydrogens is 261 g/mol. The Morgan fingerprint density at radius 2 is 1.88 bits per heavy atom. The number of rotatable bonds is 6. The van der Waals surface area contributed by atoms with E-state index >= 15 is 0 Å². The lowest BCUT2D eigenvalue weighted by Gasteiger charge is -2.07. The minimum Gasteiger partial charge on any atom is -0.321 e. The third-order valence-corrected chi connectivity index (χ3v) is 2.85. The van der Waals surface area contributed by atoms with Crippen LogP contribution in [0.2, 0.25) is 10.3 Å². The third-order valence-electron chi connectivity index (χ3n) is 2.28. The Kier molecular flexibility index (Phi) is 6.22. The molecule has 0 atom stereocenters. The van der Waals surface area contributed by atoms with Gasteiger partial charge < -0.3 is 5.32 Å². The molecule has 0 saturated carbocycles. The van der Waals surface area contributed by atoms with E-state index in [4.69, 9.17) is 23.2 Å². The average molecular weight is 276 g/mol. The lowest BCUT2D eigenvalue weighted by atomic mass is 10.1. The molecule has 0 saturated heterocycles. The van der Waals surface area contributed by atoms with E-state index in [1.54, 1.807) is 0 Å². The van der Waals surface area contributed by atoms with Crippen LogP contribution >= 0.6 is 23.2 Å². The van der Waals surface area contributed by atoms with E-state index in [1.807, 2.05) is 0 Å². The highest BCUT2D eigenvalue weighted by Gasteiger charge is 2.11. The quantitative estimate of drug-likeness (QED) is 0.636. The molecule has 1 aromatic heterocycles. The molecule has 0 bridgehead atoms. The van der Waals surface area contributed by atoms with Crippen LogP contribution in [0.4, 0.5) is 5.69 Å². The molecular formula is C11H15Cl2N3O. The first kappa shape index (κ1) is 14.2. The second kappa shape index (κ2) is 7.45. The van der Waals surface area contributed by atoms with Gasteiger partial charge in [-0.15, -0.1) is 0 Å². The molecule has 6 heteroatoms. The molecule has 17 heavy (non-hydrogen) atoms. The molecule has 4 nitrogen and oxygen atoms in total. The van der Waals surface area contributed by atoms with Crippen molar-refractivity contribution in [2.45, 2.75) is 39.0 Å². The predicted molar refractivity (Wildman–Crippen MR) is 69.4 cm³/mol. The summed E-state index contributed by atoms with van der Waals surface area (Å²) in [5.41, 5.74) is 0.288. The Hall–Kier alpha value is -0.870. The second-order valence-corrected chi connectivity index (χ2v) is 4.41. The molecule has 0 fully saturated rings. The first-order valence-electron chi connectivity index (χ1n) is 5.61. The summed E-state index contributed by atoms with van der Waals surface area (Å²) in [6.07, 6.45) is 5.91. The van der Waals surface area contributed by atoms with Gasteiger partial charge in [-0.25, -0.2) is 9.97 Å². The maximum atomic E-state index is 11.6. The highest BCUT2D eigenvalue weighted by molar-refractivity contribution is 6.38. The van der Waals surface area contributed by atoms with Crippen LogP contribution in [0.1, 0.15) is 39.0 Å². The van der Waals surface area contributed by atoms with Crippen LogP contribution in [0.5, 0.6) is 0 Å². The summed E-state index contributed by atoms with van der Waals surface area (Å²) in [6.45, 7) is 2.13. The normalized spacial score (nSPS) is 10.3. The van der Waals surface area contributed by atoms with Crippen LogP contribution in [-0.4, -0.2) is 15.9 Å².